The molecule has 0 saturated carbocycles. The number of carbonyl (C=O) groups is 1. The van der Waals surface area contributed by atoms with Gasteiger partial charge in [0.25, 0.3) is 15.9 Å². The van der Waals surface area contributed by atoms with Crippen LogP contribution in [0.15, 0.2) is 63.4 Å². The van der Waals surface area contributed by atoms with Gasteiger partial charge < -0.3 is 10.1 Å². The highest BCUT2D eigenvalue weighted by Crippen LogP contribution is 2.24. The summed E-state index contributed by atoms with van der Waals surface area (Å²) in [6, 6.07) is 11.5. The summed E-state index contributed by atoms with van der Waals surface area (Å²) >= 11 is 4.60. The fourth-order valence-electron chi connectivity index (χ4n) is 2.47. The zero-order valence-electron chi connectivity index (χ0n) is 15.4. The van der Waals surface area contributed by atoms with Crippen molar-refractivity contribution in [2.75, 3.05) is 16.6 Å². The average Bonchev–Trinajstić information content (AvgIpc) is 3.19. The Morgan fingerprint density at radius 3 is 2.62 bits per heavy atom. The maximum Gasteiger partial charge on any atom is 0.263 e. The molecule has 0 atom stereocenters. The molecule has 2 N–H and O–H groups in total. The summed E-state index contributed by atoms with van der Waals surface area (Å²) < 4.78 is 33.6. The van der Waals surface area contributed by atoms with Gasteiger partial charge in [-0.3, -0.25) is 9.52 Å². The third-order valence-electron chi connectivity index (χ3n) is 3.86. The molecule has 0 spiro atoms. The number of hydrogen-bond acceptors (Lipinski definition) is 6. The summed E-state index contributed by atoms with van der Waals surface area (Å²) in [5.41, 5.74) is 1.47. The fourth-order valence-corrected chi connectivity index (χ4v) is 4.67. The smallest absolute Gasteiger partial charge is 0.263 e. The number of anilines is 2. The van der Waals surface area contributed by atoms with Gasteiger partial charge in [-0.05, 0) is 54.4 Å². The van der Waals surface area contributed by atoms with E-state index in [0.717, 1.165) is 16.5 Å². The van der Waals surface area contributed by atoms with Gasteiger partial charge in [0.2, 0.25) is 0 Å². The number of aryl methyl sites for hydroxylation is 1. The van der Waals surface area contributed by atoms with Gasteiger partial charge in [-0.1, -0.05) is 22.9 Å². The number of thiazole rings is 1. The second-order valence-corrected chi connectivity index (χ2v) is 9.40. The van der Waals surface area contributed by atoms with Crippen LogP contribution >= 0.6 is 27.3 Å². The molecule has 2 aromatic carbocycles. The first-order valence-electron chi connectivity index (χ1n) is 8.61. The van der Waals surface area contributed by atoms with Crippen molar-refractivity contribution < 1.29 is 17.9 Å². The number of aromatic nitrogens is 1. The lowest BCUT2D eigenvalue weighted by Gasteiger charge is -2.11. The molecule has 0 aliphatic carbocycles. The van der Waals surface area contributed by atoms with Gasteiger partial charge in [-0.15, -0.1) is 11.3 Å². The van der Waals surface area contributed by atoms with Crippen molar-refractivity contribution in [3.05, 3.63) is 64.1 Å². The van der Waals surface area contributed by atoms with Crippen molar-refractivity contribution in [2.45, 2.75) is 18.2 Å². The maximum absolute atomic E-state index is 12.3. The topological polar surface area (TPSA) is 97.4 Å². The summed E-state index contributed by atoms with van der Waals surface area (Å²) in [5, 5.41) is 4.65. The predicted molar refractivity (Wildman–Crippen MR) is 117 cm³/mol. The van der Waals surface area contributed by atoms with Gasteiger partial charge >= 0.3 is 0 Å². The molecule has 0 fully saturated rings. The predicted octanol–water partition coefficient (Wildman–Crippen LogP) is 4.29. The normalized spacial score (nSPS) is 11.1. The van der Waals surface area contributed by atoms with Crippen LogP contribution in [-0.4, -0.2) is 25.9 Å². The molecule has 1 heterocycles. The van der Waals surface area contributed by atoms with Crippen molar-refractivity contribution in [3.8, 4) is 5.75 Å². The maximum atomic E-state index is 12.3. The highest BCUT2D eigenvalue weighted by Gasteiger charge is 2.15. The fraction of sp³-hybridized carbons (Fsp3) is 0.158. The van der Waals surface area contributed by atoms with Crippen molar-refractivity contribution in [1.82, 2.24) is 4.98 Å². The van der Waals surface area contributed by atoms with E-state index in [4.69, 9.17) is 4.74 Å². The third-order valence-corrected chi connectivity index (χ3v) is 6.53. The minimum absolute atomic E-state index is 0.0735. The molecular weight excluding hydrogens is 478 g/mol. The second kappa shape index (κ2) is 9.38. The van der Waals surface area contributed by atoms with Crippen LogP contribution in [0.3, 0.4) is 0 Å². The first-order chi connectivity index (χ1) is 13.9. The average molecular weight is 496 g/mol. The summed E-state index contributed by atoms with van der Waals surface area (Å²) in [4.78, 5) is 16.1. The molecule has 10 heteroatoms. The molecule has 0 saturated heterocycles. The zero-order valence-corrected chi connectivity index (χ0v) is 18.6. The van der Waals surface area contributed by atoms with Gasteiger partial charge in [0.15, 0.2) is 11.7 Å². The number of benzene rings is 2. The number of ether oxygens (including phenoxy) is 1. The number of nitrogens with zero attached hydrogens (tertiary/aromatic N) is 1. The molecule has 0 unspecified atom stereocenters. The Kier molecular flexibility index (Phi) is 6.88. The Labute approximate surface area is 181 Å². The van der Waals surface area contributed by atoms with E-state index in [1.807, 2.05) is 25.1 Å². The van der Waals surface area contributed by atoms with E-state index < -0.39 is 10.0 Å². The quantitative estimate of drug-likeness (QED) is 0.485. The molecule has 1 amide bonds. The van der Waals surface area contributed by atoms with E-state index in [-0.39, 0.29) is 17.4 Å². The van der Waals surface area contributed by atoms with E-state index in [0.29, 0.717) is 16.6 Å². The minimum atomic E-state index is -3.73. The first kappa shape index (κ1) is 21.3. The van der Waals surface area contributed by atoms with Crippen LogP contribution in [0.5, 0.6) is 5.75 Å². The molecule has 29 heavy (non-hydrogen) atoms. The van der Waals surface area contributed by atoms with Gasteiger partial charge in [-0.2, -0.15) is 0 Å². The monoisotopic (exact) mass is 495 g/mol. The van der Waals surface area contributed by atoms with Crippen molar-refractivity contribution in [1.29, 1.82) is 0 Å². The largest absolute Gasteiger partial charge is 0.483 e. The van der Waals surface area contributed by atoms with Crippen LogP contribution < -0.4 is 14.8 Å². The Morgan fingerprint density at radius 2 is 1.97 bits per heavy atom. The van der Waals surface area contributed by atoms with Crippen molar-refractivity contribution in [2.24, 2.45) is 0 Å². The number of carbonyl (C=O) groups excluding carboxylic acids is 1. The van der Waals surface area contributed by atoms with Crippen molar-refractivity contribution >= 4 is 54.0 Å². The lowest BCUT2D eigenvalue weighted by Crippen LogP contribution is -2.20. The molecule has 0 aliphatic rings. The lowest BCUT2D eigenvalue weighted by molar-refractivity contribution is -0.118. The van der Waals surface area contributed by atoms with Crippen LogP contribution in [0.25, 0.3) is 0 Å². The van der Waals surface area contributed by atoms with E-state index in [9.17, 15) is 13.2 Å². The Hall–Kier alpha value is -2.43. The third kappa shape index (κ3) is 5.78. The van der Waals surface area contributed by atoms with Gasteiger partial charge in [0, 0.05) is 21.7 Å². The minimum Gasteiger partial charge on any atom is -0.483 e. The van der Waals surface area contributed by atoms with Gasteiger partial charge in [0.1, 0.15) is 5.75 Å². The molecule has 7 nitrogen and oxygen atoms in total. The highest BCUT2D eigenvalue weighted by molar-refractivity contribution is 9.10. The Morgan fingerprint density at radius 1 is 1.21 bits per heavy atom. The zero-order chi connectivity index (χ0) is 20.9. The number of rotatable bonds is 8. The Balaban J connectivity index is 1.59. The van der Waals surface area contributed by atoms with E-state index in [1.54, 1.807) is 5.38 Å². The van der Waals surface area contributed by atoms with E-state index in [2.05, 4.69) is 31.0 Å². The molecule has 3 aromatic rings. The SMILES string of the molecule is CCc1cc(Br)ccc1OCC(=O)Nc1ccc(S(=O)(=O)Nc2nccs2)cc1. The summed E-state index contributed by atoms with van der Waals surface area (Å²) in [6.07, 6.45) is 2.29. The second-order valence-electron chi connectivity index (χ2n) is 5.91. The summed E-state index contributed by atoms with van der Waals surface area (Å²) in [7, 11) is -3.73. The van der Waals surface area contributed by atoms with E-state index in [1.165, 1.54) is 41.8 Å². The standard InChI is InChI=1S/C19H18BrN3O4S2/c1-2-13-11-14(20)3-8-17(13)27-12-18(24)22-15-4-6-16(7-5-15)29(25,26)23-19-21-9-10-28-19/h3-11H,2,12H2,1H3,(H,21,23)(H,22,24). The molecule has 0 radical (unpaired) electrons. The number of nitrogens with one attached hydrogen (secondary N) is 2. The summed E-state index contributed by atoms with van der Waals surface area (Å²) in [5.74, 6) is 0.312. The molecule has 152 valence electrons. The number of amides is 1. The molecule has 0 aliphatic heterocycles. The van der Waals surface area contributed by atoms with Gasteiger partial charge in [0.05, 0.1) is 4.90 Å². The molecule has 0 bridgehead atoms. The van der Waals surface area contributed by atoms with Crippen LogP contribution in [0, 0.1) is 0 Å². The first-order valence-corrected chi connectivity index (χ1v) is 11.8. The van der Waals surface area contributed by atoms with E-state index >= 15 is 0 Å². The van der Waals surface area contributed by atoms with Crippen LogP contribution in [0.2, 0.25) is 0 Å². The number of hydrogen-bond donors (Lipinski definition) is 2. The van der Waals surface area contributed by atoms with Crippen molar-refractivity contribution in [3.63, 3.8) is 0 Å². The number of halogens is 1. The highest BCUT2D eigenvalue weighted by atomic mass is 79.9. The van der Waals surface area contributed by atoms with Gasteiger partial charge in [-0.25, -0.2) is 13.4 Å². The Bertz CT molecular complexity index is 1090. The molecule has 1 aromatic heterocycles. The van der Waals surface area contributed by atoms with Crippen LogP contribution in [-0.2, 0) is 21.2 Å². The lowest BCUT2D eigenvalue weighted by atomic mass is 10.1. The van der Waals surface area contributed by atoms with Crippen LogP contribution in [0.4, 0.5) is 10.8 Å². The number of sulfonamides is 1. The molecular formula is C19H18BrN3O4S2. The summed E-state index contributed by atoms with van der Waals surface area (Å²) in [6.45, 7) is 1.86. The van der Waals surface area contributed by atoms with Crippen LogP contribution in [0.1, 0.15) is 12.5 Å². The molecule has 3 rings (SSSR count).